The number of carbonyl (C=O) groups is 1. The standard InChI is InChI=1S/C14H13ClN2OS/c1-17(2)8-7-13-16-9-12(19-13)14(18)10-3-5-11(15)6-4-10/h3-9H,1-2H3/b8-7+. The Hall–Kier alpha value is -1.65. The summed E-state index contributed by atoms with van der Waals surface area (Å²) < 4.78 is 0. The molecular weight excluding hydrogens is 280 g/mol. The van der Waals surface area contributed by atoms with Crippen molar-refractivity contribution in [2.24, 2.45) is 0 Å². The number of thiazole rings is 1. The van der Waals surface area contributed by atoms with Gasteiger partial charge in [0.15, 0.2) is 0 Å². The molecule has 0 bridgehead atoms. The maximum absolute atomic E-state index is 12.2. The summed E-state index contributed by atoms with van der Waals surface area (Å²) in [7, 11) is 3.87. The summed E-state index contributed by atoms with van der Waals surface area (Å²) in [5, 5.41) is 1.43. The summed E-state index contributed by atoms with van der Waals surface area (Å²) in [5.74, 6) is -0.0290. The van der Waals surface area contributed by atoms with Crippen LogP contribution in [0.4, 0.5) is 0 Å². The van der Waals surface area contributed by atoms with E-state index in [2.05, 4.69) is 4.98 Å². The van der Waals surface area contributed by atoms with Crippen LogP contribution < -0.4 is 0 Å². The Kier molecular flexibility index (Phi) is 4.35. The van der Waals surface area contributed by atoms with E-state index in [1.54, 1.807) is 30.5 Å². The highest BCUT2D eigenvalue weighted by Crippen LogP contribution is 2.19. The van der Waals surface area contributed by atoms with Crippen molar-refractivity contribution in [3.63, 3.8) is 0 Å². The average molecular weight is 293 g/mol. The molecule has 5 heteroatoms. The molecule has 0 N–H and O–H groups in total. The van der Waals surface area contributed by atoms with E-state index in [1.165, 1.54) is 11.3 Å². The molecule has 3 nitrogen and oxygen atoms in total. The first-order chi connectivity index (χ1) is 9.06. The number of hydrogen-bond donors (Lipinski definition) is 0. The van der Waals surface area contributed by atoms with E-state index in [4.69, 9.17) is 11.6 Å². The molecule has 0 aliphatic rings. The molecule has 2 rings (SSSR count). The summed E-state index contributed by atoms with van der Waals surface area (Å²) in [5.41, 5.74) is 0.621. The minimum absolute atomic E-state index is 0.0290. The van der Waals surface area contributed by atoms with Crippen molar-refractivity contribution in [2.45, 2.75) is 0 Å². The maximum atomic E-state index is 12.2. The molecule has 0 saturated carbocycles. The summed E-state index contributed by atoms with van der Waals surface area (Å²) in [6.45, 7) is 0. The van der Waals surface area contributed by atoms with Gasteiger partial charge >= 0.3 is 0 Å². The summed E-state index contributed by atoms with van der Waals surface area (Å²) in [6.07, 6.45) is 5.38. The van der Waals surface area contributed by atoms with E-state index >= 15 is 0 Å². The van der Waals surface area contributed by atoms with Gasteiger partial charge in [0.25, 0.3) is 0 Å². The molecule has 0 aliphatic carbocycles. The normalized spacial score (nSPS) is 10.9. The first-order valence-corrected chi connectivity index (χ1v) is 6.86. The Bertz CT molecular complexity index is 602. The van der Waals surface area contributed by atoms with E-state index in [0.29, 0.717) is 15.5 Å². The van der Waals surface area contributed by atoms with Crippen LogP contribution in [0.1, 0.15) is 20.2 Å². The number of halogens is 1. The van der Waals surface area contributed by atoms with Crippen molar-refractivity contribution in [2.75, 3.05) is 14.1 Å². The smallest absolute Gasteiger partial charge is 0.204 e. The third kappa shape index (κ3) is 3.66. The lowest BCUT2D eigenvalue weighted by molar-refractivity contribution is 0.104. The Morgan fingerprint density at radius 3 is 2.63 bits per heavy atom. The number of aromatic nitrogens is 1. The SMILES string of the molecule is CN(C)/C=C/c1ncc(C(=O)c2ccc(Cl)cc2)s1. The lowest BCUT2D eigenvalue weighted by atomic mass is 10.1. The molecule has 19 heavy (non-hydrogen) atoms. The summed E-state index contributed by atoms with van der Waals surface area (Å²) >= 11 is 7.18. The van der Waals surface area contributed by atoms with Crippen molar-refractivity contribution in [1.29, 1.82) is 0 Å². The van der Waals surface area contributed by atoms with Crippen LogP contribution in [-0.2, 0) is 0 Å². The molecule has 0 unspecified atom stereocenters. The molecule has 2 aromatic rings. The van der Waals surface area contributed by atoms with Crippen LogP contribution in [0.2, 0.25) is 5.02 Å². The van der Waals surface area contributed by atoms with E-state index < -0.39 is 0 Å². The fourth-order valence-corrected chi connectivity index (χ4v) is 2.33. The van der Waals surface area contributed by atoms with Crippen LogP contribution >= 0.6 is 22.9 Å². The minimum atomic E-state index is -0.0290. The molecule has 0 amide bonds. The van der Waals surface area contributed by atoms with Gasteiger partial charge in [0.05, 0.1) is 4.88 Å². The molecule has 1 heterocycles. The van der Waals surface area contributed by atoms with Gasteiger partial charge in [-0.3, -0.25) is 4.79 Å². The van der Waals surface area contributed by atoms with Crippen molar-refractivity contribution in [3.05, 3.63) is 57.1 Å². The quantitative estimate of drug-likeness (QED) is 0.808. The Morgan fingerprint density at radius 1 is 1.32 bits per heavy atom. The summed E-state index contributed by atoms with van der Waals surface area (Å²) in [4.78, 5) is 19.0. The number of benzene rings is 1. The molecule has 0 saturated heterocycles. The number of ketones is 1. The molecule has 1 aromatic carbocycles. The van der Waals surface area contributed by atoms with Crippen LogP contribution in [0.5, 0.6) is 0 Å². The van der Waals surface area contributed by atoms with Crippen molar-refractivity contribution >= 4 is 34.8 Å². The number of carbonyl (C=O) groups excluding carboxylic acids is 1. The highest BCUT2D eigenvalue weighted by Gasteiger charge is 2.12. The van der Waals surface area contributed by atoms with Gasteiger partial charge in [0.2, 0.25) is 5.78 Å². The van der Waals surface area contributed by atoms with Gasteiger partial charge in [-0.25, -0.2) is 4.98 Å². The van der Waals surface area contributed by atoms with E-state index in [-0.39, 0.29) is 5.78 Å². The molecule has 0 radical (unpaired) electrons. The first kappa shape index (κ1) is 13.8. The van der Waals surface area contributed by atoms with Crippen LogP contribution in [-0.4, -0.2) is 29.8 Å². The second kappa shape index (κ2) is 5.99. The molecule has 0 aliphatic heterocycles. The molecule has 0 atom stereocenters. The monoisotopic (exact) mass is 292 g/mol. The fraction of sp³-hybridized carbons (Fsp3) is 0.143. The minimum Gasteiger partial charge on any atom is -0.383 e. The number of rotatable bonds is 4. The molecule has 1 aromatic heterocycles. The van der Waals surface area contributed by atoms with Crippen LogP contribution in [0.15, 0.2) is 36.7 Å². The third-order valence-electron chi connectivity index (χ3n) is 2.37. The molecule has 0 spiro atoms. The van der Waals surface area contributed by atoms with Gasteiger partial charge in [-0.2, -0.15) is 0 Å². The van der Waals surface area contributed by atoms with Crippen molar-refractivity contribution in [1.82, 2.24) is 9.88 Å². The second-order valence-corrected chi connectivity index (χ2v) is 5.68. The highest BCUT2D eigenvalue weighted by molar-refractivity contribution is 7.14. The fourth-order valence-electron chi connectivity index (χ4n) is 1.43. The predicted octanol–water partition coefficient (Wildman–Crippen LogP) is 3.56. The number of nitrogens with zero attached hydrogens (tertiary/aromatic N) is 2. The van der Waals surface area contributed by atoms with Crippen LogP contribution in [0, 0.1) is 0 Å². The van der Waals surface area contributed by atoms with Gasteiger partial charge in [0, 0.05) is 37.1 Å². The topological polar surface area (TPSA) is 33.2 Å². The average Bonchev–Trinajstić information content (AvgIpc) is 2.85. The lowest BCUT2D eigenvalue weighted by Gasteiger charge is -2.01. The lowest BCUT2D eigenvalue weighted by Crippen LogP contribution is -1.99. The third-order valence-corrected chi connectivity index (χ3v) is 3.58. The second-order valence-electron chi connectivity index (χ2n) is 4.18. The Balaban J connectivity index is 2.18. The summed E-state index contributed by atoms with van der Waals surface area (Å²) in [6, 6.07) is 6.87. The maximum Gasteiger partial charge on any atom is 0.204 e. The zero-order chi connectivity index (χ0) is 13.8. The van der Waals surface area contributed by atoms with Gasteiger partial charge in [-0.1, -0.05) is 11.6 Å². The van der Waals surface area contributed by atoms with E-state index in [0.717, 1.165) is 5.01 Å². The van der Waals surface area contributed by atoms with Crippen LogP contribution in [0.3, 0.4) is 0 Å². The van der Waals surface area contributed by atoms with Crippen molar-refractivity contribution in [3.8, 4) is 0 Å². The van der Waals surface area contributed by atoms with E-state index in [1.807, 2.05) is 31.3 Å². The number of hydrogen-bond acceptors (Lipinski definition) is 4. The zero-order valence-corrected chi connectivity index (χ0v) is 12.2. The Labute approximate surface area is 121 Å². The van der Waals surface area contributed by atoms with E-state index in [9.17, 15) is 4.79 Å². The molecular formula is C14H13ClN2OS. The molecule has 98 valence electrons. The highest BCUT2D eigenvalue weighted by atomic mass is 35.5. The van der Waals surface area contributed by atoms with Gasteiger partial charge in [-0.05, 0) is 30.3 Å². The van der Waals surface area contributed by atoms with Crippen LogP contribution in [0.25, 0.3) is 6.08 Å². The molecule has 0 fully saturated rings. The van der Waals surface area contributed by atoms with Gasteiger partial charge < -0.3 is 4.90 Å². The first-order valence-electron chi connectivity index (χ1n) is 5.67. The van der Waals surface area contributed by atoms with Gasteiger partial charge in [-0.15, -0.1) is 11.3 Å². The zero-order valence-electron chi connectivity index (χ0n) is 10.6. The van der Waals surface area contributed by atoms with Crippen molar-refractivity contribution < 1.29 is 4.79 Å². The predicted molar refractivity (Wildman–Crippen MR) is 79.7 cm³/mol. The van der Waals surface area contributed by atoms with Gasteiger partial charge in [0.1, 0.15) is 5.01 Å². The largest absolute Gasteiger partial charge is 0.383 e. The Morgan fingerprint density at radius 2 is 2.00 bits per heavy atom.